The molecule has 1 saturated heterocycles. The Morgan fingerprint density at radius 1 is 1.31 bits per heavy atom. The highest BCUT2D eigenvalue weighted by molar-refractivity contribution is 5.77. The molecule has 0 bridgehead atoms. The van der Waals surface area contributed by atoms with E-state index in [9.17, 15) is 4.79 Å². The maximum atomic E-state index is 12.2. The summed E-state index contributed by atoms with van der Waals surface area (Å²) < 4.78 is 12.8. The van der Waals surface area contributed by atoms with Crippen LogP contribution in [0.2, 0.25) is 0 Å². The molecule has 1 aliphatic rings. The molecule has 158 valence electrons. The van der Waals surface area contributed by atoms with Crippen molar-refractivity contribution in [2.75, 3.05) is 33.4 Å². The number of hydrogen-bond donors (Lipinski definition) is 1. The highest BCUT2D eigenvalue weighted by Crippen LogP contribution is 2.25. The fourth-order valence-electron chi connectivity index (χ4n) is 3.65. The van der Waals surface area contributed by atoms with Gasteiger partial charge in [0.15, 0.2) is 18.1 Å². The Hall–Kier alpha value is -2.54. The molecule has 0 aliphatic carbocycles. The van der Waals surface area contributed by atoms with E-state index in [0.29, 0.717) is 30.0 Å². The summed E-state index contributed by atoms with van der Waals surface area (Å²) in [5, 5.41) is 7.44. The van der Waals surface area contributed by atoms with Crippen LogP contribution >= 0.6 is 0 Å². The summed E-state index contributed by atoms with van der Waals surface area (Å²) in [6.07, 6.45) is 6.37. The molecular weight excluding hydrogens is 368 g/mol. The minimum absolute atomic E-state index is 0.00874. The number of likely N-dealkylation sites (tertiary alicyclic amines) is 1. The van der Waals surface area contributed by atoms with Gasteiger partial charge in [-0.1, -0.05) is 12.1 Å². The third-order valence-corrected chi connectivity index (χ3v) is 5.21. The number of nitrogens with zero attached hydrogens (tertiary/aromatic N) is 3. The Bertz CT molecular complexity index is 790. The lowest BCUT2D eigenvalue weighted by atomic mass is 9.97. The number of aromatic nitrogens is 2. The molecule has 1 aromatic heterocycles. The average Bonchev–Trinajstić information content (AvgIpc) is 3.20. The molecule has 0 spiro atoms. The van der Waals surface area contributed by atoms with Crippen molar-refractivity contribution >= 4 is 5.91 Å². The van der Waals surface area contributed by atoms with Crippen molar-refractivity contribution in [1.29, 1.82) is 0 Å². The highest BCUT2D eigenvalue weighted by atomic mass is 16.5. The number of benzene rings is 1. The topological polar surface area (TPSA) is 68.6 Å². The van der Waals surface area contributed by atoms with Gasteiger partial charge >= 0.3 is 0 Å². The van der Waals surface area contributed by atoms with E-state index < -0.39 is 0 Å². The van der Waals surface area contributed by atoms with E-state index in [1.807, 2.05) is 29.1 Å². The zero-order valence-corrected chi connectivity index (χ0v) is 17.6. The molecular formula is C22H32N4O3. The molecule has 1 unspecified atom stereocenters. The van der Waals surface area contributed by atoms with Crippen molar-refractivity contribution in [2.24, 2.45) is 5.92 Å². The standard InChI is InChI=1S/C22H32N4O3/c1-17(2)26-15-19(12-24-26)14-25-10-6-7-18(13-25)11-23-22(27)16-29-21-9-5-4-8-20(21)28-3/h4-5,8-9,12,15,17-18H,6-7,10-11,13-14,16H2,1-3H3,(H,23,27). The number of para-hydroxylation sites is 2. The largest absolute Gasteiger partial charge is 0.493 e. The van der Waals surface area contributed by atoms with Crippen molar-refractivity contribution < 1.29 is 14.3 Å². The predicted octanol–water partition coefficient (Wildman–Crippen LogP) is 2.88. The summed E-state index contributed by atoms with van der Waals surface area (Å²) in [6.45, 7) is 7.92. The number of rotatable bonds is 9. The van der Waals surface area contributed by atoms with Gasteiger partial charge in [0.05, 0.1) is 13.3 Å². The van der Waals surface area contributed by atoms with Crippen LogP contribution in [0.15, 0.2) is 36.7 Å². The fourth-order valence-corrected chi connectivity index (χ4v) is 3.65. The zero-order chi connectivity index (χ0) is 20.6. The lowest BCUT2D eigenvalue weighted by Crippen LogP contribution is -2.41. The van der Waals surface area contributed by atoms with Crippen LogP contribution in [0.1, 0.15) is 38.3 Å². The normalized spacial score (nSPS) is 17.3. The van der Waals surface area contributed by atoms with Crippen LogP contribution in [0, 0.1) is 5.92 Å². The number of methoxy groups -OCH3 is 1. The number of ether oxygens (including phenoxy) is 2. The molecule has 1 fully saturated rings. The van der Waals surface area contributed by atoms with Crippen molar-refractivity contribution in [1.82, 2.24) is 20.0 Å². The van der Waals surface area contributed by atoms with Crippen molar-refractivity contribution in [2.45, 2.75) is 39.3 Å². The van der Waals surface area contributed by atoms with Gasteiger partial charge < -0.3 is 14.8 Å². The Labute approximate surface area is 173 Å². The van der Waals surface area contributed by atoms with E-state index in [-0.39, 0.29) is 12.5 Å². The zero-order valence-electron chi connectivity index (χ0n) is 17.6. The first-order valence-corrected chi connectivity index (χ1v) is 10.3. The van der Waals surface area contributed by atoms with Gasteiger partial charge in [0.1, 0.15) is 0 Å². The second-order valence-corrected chi connectivity index (χ2v) is 7.91. The van der Waals surface area contributed by atoms with E-state index in [1.165, 1.54) is 5.56 Å². The lowest BCUT2D eigenvalue weighted by Gasteiger charge is -2.32. The van der Waals surface area contributed by atoms with E-state index >= 15 is 0 Å². The molecule has 0 saturated carbocycles. The quantitative estimate of drug-likeness (QED) is 0.701. The van der Waals surface area contributed by atoms with Crippen LogP contribution in [0.3, 0.4) is 0 Å². The van der Waals surface area contributed by atoms with Gasteiger partial charge in [-0.15, -0.1) is 0 Å². The van der Waals surface area contributed by atoms with Crippen LogP contribution in [0.5, 0.6) is 11.5 Å². The maximum absolute atomic E-state index is 12.2. The van der Waals surface area contributed by atoms with E-state index in [0.717, 1.165) is 32.5 Å². The number of hydrogen-bond acceptors (Lipinski definition) is 5. The first-order valence-electron chi connectivity index (χ1n) is 10.3. The summed E-state index contributed by atoms with van der Waals surface area (Å²) >= 11 is 0. The molecule has 1 aromatic carbocycles. The number of carbonyl (C=O) groups is 1. The van der Waals surface area contributed by atoms with Gasteiger partial charge in [0.2, 0.25) is 0 Å². The highest BCUT2D eigenvalue weighted by Gasteiger charge is 2.21. The van der Waals surface area contributed by atoms with E-state index in [1.54, 1.807) is 13.2 Å². The molecule has 1 atom stereocenters. The number of nitrogens with one attached hydrogen (secondary N) is 1. The Morgan fingerprint density at radius 3 is 2.83 bits per heavy atom. The van der Waals surface area contributed by atoms with Crippen molar-refractivity contribution in [3.63, 3.8) is 0 Å². The van der Waals surface area contributed by atoms with Crippen molar-refractivity contribution in [3.05, 3.63) is 42.2 Å². The molecule has 3 rings (SSSR count). The smallest absolute Gasteiger partial charge is 0.257 e. The Kier molecular flexibility index (Phi) is 7.52. The minimum Gasteiger partial charge on any atom is -0.493 e. The predicted molar refractivity (Wildman–Crippen MR) is 112 cm³/mol. The fraction of sp³-hybridized carbons (Fsp3) is 0.545. The second-order valence-electron chi connectivity index (χ2n) is 7.91. The van der Waals surface area contributed by atoms with Gasteiger partial charge in [-0.2, -0.15) is 5.10 Å². The number of amides is 1. The first-order chi connectivity index (χ1) is 14.0. The Morgan fingerprint density at radius 2 is 2.10 bits per heavy atom. The molecule has 2 aromatic rings. The maximum Gasteiger partial charge on any atom is 0.257 e. The molecule has 2 heterocycles. The Balaban J connectivity index is 1.41. The van der Waals surface area contributed by atoms with Crippen LogP contribution in [0.4, 0.5) is 0 Å². The number of piperidine rings is 1. The van der Waals surface area contributed by atoms with Crippen LogP contribution < -0.4 is 14.8 Å². The summed E-state index contributed by atoms with van der Waals surface area (Å²) in [4.78, 5) is 14.6. The first kappa shape index (κ1) is 21.2. The second kappa shape index (κ2) is 10.3. The molecule has 29 heavy (non-hydrogen) atoms. The van der Waals surface area contributed by atoms with Crippen LogP contribution in [-0.4, -0.2) is 53.9 Å². The molecule has 0 radical (unpaired) electrons. The minimum atomic E-state index is -0.105. The van der Waals surface area contributed by atoms with Crippen LogP contribution in [-0.2, 0) is 11.3 Å². The van der Waals surface area contributed by atoms with Gasteiger partial charge in [-0.3, -0.25) is 14.4 Å². The third kappa shape index (κ3) is 6.22. The van der Waals surface area contributed by atoms with Gasteiger partial charge in [0.25, 0.3) is 5.91 Å². The van der Waals surface area contributed by atoms with Gasteiger partial charge in [0, 0.05) is 37.4 Å². The molecule has 1 N–H and O–H groups in total. The monoisotopic (exact) mass is 400 g/mol. The summed E-state index contributed by atoms with van der Waals surface area (Å²) in [5.41, 5.74) is 1.24. The van der Waals surface area contributed by atoms with Crippen molar-refractivity contribution in [3.8, 4) is 11.5 Å². The van der Waals surface area contributed by atoms with Gasteiger partial charge in [-0.25, -0.2) is 0 Å². The molecule has 1 amide bonds. The van der Waals surface area contributed by atoms with E-state index in [4.69, 9.17) is 9.47 Å². The molecule has 1 aliphatic heterocycles. The third-order valence-electron chi connectivity index (χ3n) is 5.21. The van der Waals surface area contributed by atoms with E-state index in [2.05, 4.69) is 35.4 Å². The molecule has 7 heteroatoms. The van der Waals surface area contributed by atoms with Crippen LogP contribution in [0.25, 0.3) is 0 Å². The summed E-state index contributed by atoms with van der Waals surface area (Å²) in [5.74, 6) is 1.56. The van der Waals surface area contributed by atoms with Gasteiger partial charge in [-0.05, 0) is 51.3 Å². The summed E-state index contributed by atoms with van der Waals surface area (Å²) in [6, 6.07) is 7.72. The summed E-state index contributed by atoms with van der Waals surface area (Å²) in [7, 11) is 1.59. The lowest BCUT2D eigenvalue weighted by molar-refractivity contribution is -0.123. The average molecular weight is 401 g/mol. The molecule has 7 nitrogen and oxygen atoms in total. The SMILES string of the molecule is COc1ccccc1OCC(=O)NCC1CCCN(Cc2cnn(C(C)C)c2)C1. The number of carbonyl (C=O) groups excluding carboxylic acids is 1.